The summed E-state index contributed by atoms with van der Waals surface area (Å²) in [5.41, 5.74) is 4.15. The molecule has 1 fully saturated rings. The predicted molar refractivity (Wildman–Crippen MR) is 127 cm³/mol. The van der Waals surface area contributed by atoms with Crippen molar-refractivity contribution in [3.05, 3.63) is 94.1 Å². The van der Waals surface area contributed by atoms with Gasteiger partial charge < -0.3 is 14.9 Å². The van der Waals surface area contributed by atoms with Gasteiger partial charge in [-0.1, -0.05) is 24.3 Å². The number of benzene rings is 3. The predicted octanol–water partition coefficient (Wildman–Crippen LogP) is 4.95. The van der Waals surface area contributed by atoms with Crippen molar-refractivity contribution in [2.24, 2.45) is 0 Å². The number of ketones is 1. The van der Waals surface area contributed by atoms with Gasteiger partial charge in [0.25, 0.3) is 11.7 Å². The molecule has 4 rings (SSSR count). The number of aromatic hydroxyl groups is 1. The summed E-state index contributed by atoms with van der Waals surface area (Å²) in [7, 11) is 1.56. The normalized spacial score (nSPS) is 17.5. The molecule has 0 radical (unpaired) electrons. The van der Waals surface area contributed by atoms with Gasteiger partial charge in [-0.15, -0.1) is 0 Å². The van der Waals surface area contributed by atoms with E-state index in [1.807, 2.05) is 39.0 Å². The lowest BCUT2D eigenvalue weighted by Gasteiger charge is -2.27. The first-order chi connectivity index (χ1) is 15.7. The molecule has 0 spiro atoms. The van der Waals surface area contributed by atoms with Crippen molar-refractivity contribution >= 4 is 23.1 Å². The Labute approximate surface area is 192 Å². The van der Waals surface area contributed by atoms with Gasteiger partial charge in [0.1, 0.15) is 17.3 Å². The Morgan fingerprint density at radius 1 is 0.909 bits per heavy atom. The lowest BCUT2D eigenvalue weighted by molar-refractivity contribution is -0.132. The number of hydrogen-bond acceptors (Lipinski definition) is 5. The maximum atomic E-state index is 13.3. The maximum absolute atomic E-state index is 13.3. The molecule has 0 bridgehead atoms. The van der Waals surface area contributed by atoms with E-state index < -0.39 is 17.7 Å². The summed E-state index contributed by atoms with van der Waals surface area (Å²) in [6.45, 7) is 5.62. The van der Waals surface area contributed by atoms with Crippen LogP contribution in [-0.4, -0.2) is 29.0 Å². The average molecular weight is 443 g/mol. The van der Waals surface area contributed by atoms with Gasteiger partial charge in [0, 0.05) is 11.3 Å². The largest absolute Gasteiger partial charge is 0.508 e. The Hall–Kier alpha value is -4.06. The number of carbonyl (C=O) groups is 2. The van der Waals surface area contributed by atoms with Crippen LogP contribution in [0.1, 0.15) is 33.9 Å². The number of ether oxygens (including phenoxy) is 1. The molecule has 3 aromatic rings. The molecule has 1 saturated heterocycles. The molecule has 1 aliphatic rings. The highest BCUT2D eigenvalue weighted by Gasteiger charge is 2.47. The van der Waals surface area contributed by atoms with Crippen LogP contribution in [-0.2, 0) is 9.59 Å². The van der Waals surface area contributed by atoms with E-state index in [1.54, 1.807) is 37.4 Å². The van der Waals surface area contributed by atoms with Crippen molar-refractivity contribution in [3.63, 3.8) is 0 Å². The van der Waals surface area contributed by atoms with E-state index in [1.165, 1.54) is 17.0 Å². The lowest BCUT2D eigenvalue weighted by atomic mass is 9.94. The van der Waals surface area contributed by atoms with Crippen LogP contribution in [0.25, 0.3) is 5.76 Å². The molecule has 1 atom stereocenters. The van der Waals surface area contributed by atoms with Crippen LogP contribution in [0.2, 0.25) is 0 Å². The highest BCUT2D eigenvalue weighted by atomic mass is 16.5. The zero-order valence-corrected chi connectivity index (χ0v) is 18.9. The summed E-state index contributed by atoms with van der Waals surface area (Å²) in [5, 5.41) is 21.0. The number of nitrogens with zero attached hydrogens (tertiary/aromatic N) is 1. The van der Waals surface area contributed by atoms with Gasteiger partial charge >= 0.3 is 0 Å². The zero-order chi connectivity index (χ0) is 23.9. The number of hydrogen-bond donors (Lipinski definition) is 2. The molecule has 1 amide bonds. The molecule has 168 valence electrons. The minimum atomic E-state index is -0.853. The number of phenols is 1. The number of amides is 1. The van der Waals surface area contributed by atoms with Crippen LogP contribution < -0.4 is 9.64 Å². The highest BCUT2D eigenvalue weighted by molar-refractivity contribution is 6.51. The van der Waals surface area contributed by atoms with Crippen LogP contribution in [0, 0.1) is 20.8 Å². The molecule has 6 heteroatoms. The fourth-order valence-electron chi connectivity index (χ4n) is 4.21. The van der Waals surface area contributed by atoms with Crippen LogP contribution in [0.4, 0.5) is 5.69 Å². The summed E-state index contributed by atoms with van der Waals surface area (Å²) in [4.78, 5) is 28.0. The minimum Gasteiger partial charge on any atom is -0.508 e. The van der Waals surface area contributed by atoms with Gasteiger partial charge in [0.05, 0.1) is 18.7 Å². The van der Waals surface area contributed by atoms with Crippen molar-refractivity contribution < 1.29 is 24.5 Å². The van der Waals surface area contributed by atoms with Crippen molar-refractivity contribution in [3.8, 4) is 11.5 Å². The molecule has 6 nitrogen and oxygen atoms in total. The molecular formula is C27H25NO5. The monoisotopic (exact) mass is 443 g/mol. The lowest BCUT2D eigenvalue weighted by Crippen LogP contribution is -2.30. The summed E-state index contributed by atoms with van der Waals surface area (Å²) >= 11 is 0. The Morgan fingerprint density at radius 2 is 1.61 bits per heavy atom. The number of rotatable bonds is 4. The number of methoxy groups -OCH3 is 1. The molecule has 1 unspecified atom stereocenters. The van der Waals surface area contributed by atoms with E-state index in [2.05, 4.69) is 0 Å². The quantitative estimate of drug-likeness (QED) is 0.338. The first-order valence-electron chi connectivity index (χ1n) is 10.5. The second-order valence-corrected chi connectivity index (χ2v) is 8.23. The second kappa shape index (κ2) is 8.47. The van der Waals surface area contributed by atoms with Crippen molar-refractivity contribution in [1.82, 2.24) is 0 Å². The molecule has 1 heterocycles. The van der Waals surface area contributed by atoms with E-state index in [0.717, 1.165) is 16.7 Å². The first-order valence-corrected chi connectivity index (χ1v) is 10.5. The number of anilines is 1. The van der Waals surface area contributed by atoms with Gasteiger partial charge in [-0.05, 0) is 79.4 Å². The maximum Gasteiger partial charge on any atom is 0.300 e. The Bertz CT molecular complexity index is 1290. The number of phenolic OH excluding ortho intramolecular Hbond substituents is 1. The van der Waals surface area contributed by atoms with Gasteiger partial charge in [0.15, 0.2) is 0 Å². The van der Waals surface area contributed by atoms with Crippen LogP contribution >= 0.6 is 0 Å². The zero-order valence-electron chi connectivity index (χ0n) is 18.9. The van der Waals surface area contributed by atoms with Crippen LogP contribution in [0.3, 0.4) is 0 Å². The van der Waals surface area contributed by atoms with Gasteiger partial charge in [-0.25, -0.2) is 0 Å². The third kappa shape index (κ3) is 3.84. The highest BCUT2D eigenvalue weighted by Crippen LogP contribution is 2.43. The average Bonchev–Trinajstić information content (AvgIpc) is 3.06. The summed E-state index contributed by atoms with van der Waals surface area (Å²) in [6.07, 6.45) is 0. The number of aliphatic hydroxyl groups excluding tert-OH is 1. The molecule has 3 aromatic carbocycles. The summed E-state index contributed by atoms with van der Waals surface area (Å²) in [5.74, 6) is -1.02. The van der Waals surface area contributed by atoms with E-state index in [0.29, 0.717) is 22.6 Å². The van der Waals surface area contributed by atoms with Gasteiger partial charge in [-0.3, -0.25) is 14.5 Å². The topological polar surface area (TPSA) is 87.1 Å². The van der Waals surface area contributed by atoms with E-state index in [9.17, 15) is 19.8 Å². The Balaban J connectivity index is 1.97. The Morgan fingerprint density at radius 3 is 2.24 bits per heavy atom. The fourth-order valence-corrected chi connectivity index (χ4v) is 4.21. The van der Waals surface area contributed by atoms with Gasteiger partial charge in [-0.2, -0.15) is 0 Å². The standard InChI is InChI=1S/C27H25NO5/c1-15-5-6-16(2)21(13-15)28-24(18-7-10-20(29)11-8-18)23(26(31)27(28)32)25(30)19-9-12-22(33-4)17(3)14-19/h5-14,24,29-30H,1-4H3/b25-23-. The minimum absolute atomic E-state index is 0.00355. The number of carbonyl (C=O) groups excluding carboxylic acids is 2. The van der Waals surface area contributed by atoms with E-state index >= 15 is 0 Å². The molecule has 1 aliphatic heterocycles. The van der Waals surface area contributed by atoms with Crippen molar-refractivity contribution in [2.45, 2.75) is 26.8 Å². The number of aryl methyl sites for hydroxylation is 3. The van der Waals surface area contributed by atoms with Crippen LogP contribution in [0.15, 0.2) is 66.2 Å². The molecule has 2 N–H and O–H groups in total. The molecule has 0 saturated carbocycles. The van der Waals surface area contributed by atoms with Crippen LogP contribution in [0.5, 0.6) is 11.5 Å². The first kappa shape index (κ1) is 22.1. The smallest absolute Gasteiger partial charge is 0.300 e. The Kier molecular flexibility index (Phi) is 5.68. The molecule has 0 aliphatic carbocycles. The second-order valence-electron chi connectivity index (χ2n) is 8.23. The van der Waals surface area contributed by atoms with E-state index in [-0.39, 0.29) is 17.1 Å². The molecule has 0 aromatic heterocycles. The fraction of sp³-hybridized carbons (Fsp3) is 0.185. The van der Waals surface area contributed by atoms with Crippen molar-refractivity contribution in [1.29, 1.82) is 0 Å². The summed E-state index contributed by atoms with van der Waals surface area (Å²) < 4.78 is 5.29. The van der Waals surface area contributed by atoms with Gasteiger partial charge in [0.2, 0.25) is 0 Å². The summed E-state index contributed by atoms with van der Waals surface area (Å²) in [6, 6.07) is 16.2. The third-order valence-corrected chi connectivity index (χ3v) is 5.95. The number of Topliss-reactive ketones (excluding diaryl/α,β-unsaturated/α-hetero) is 1. The SMILES string of the molecule is COc1ccc(/C(O)=C2/C(=O)C(=O)N(c3cc(C)ccc3C)C2c2ccc(O)cc2)cc1C. The molecule has 33 heavy (non-hydrogen) atoms. The third-order valence-electron chi connectivity index (χ3n) is 5.95. The number of aliphatic hydroxyl groups is 1. The molecular weight excluding hydrogens is 418 g/mol. The van der Waals surface area contributed by atoms with E-state index in [4.69, 9.17) is 4.74 Å². The van der Waals surface area contributed by atoms with Crippen molar-refractivity contribution in [2.75, 3.05) is 12.0 Å².